The van der Waals surface area contributed by atoms with Gasteiger partial charge in [0.25, 0.3) is 0 Å². The largest absolute Gasteiger partial charge is 0.395 e. The SMILES string of the molecule is CC(C)Cc1ccc(CN(C)C(CO)CO)cc1. The van der Waals surface area contributed by atoms with Gasteiger partial charge in [-0.05, 0) is 30.5 Å². The van der Waals surface area contributed by atoms with E-state index in [4.69, 9.17) is 10.2 Å². The van der Waals surface area contributed by atoms with Crippen LogP contribution in [0.4, 0.5) is 0 Å². The summed E-state index contributed by atoms with van der Waals surface area (Å²) in [7, 11) is 1.92. The smallest absolute Gasteiger partial charge is 0.0609 e. The van der Waals surface area contributed by atoms with Crippen molar-refractivity contribution in [1.82, 2.24) is 4.90 Å². The summed E-state index contributed by atoms with van der Waals surface area (Å²) in [6.45, 7) is 5.15. The number of nitrogens with zero attached hydrogens (tertiary/aromatic N) is 1. The molecule has 0 saturated carbocycles. The molecule has 0 aliphatic rings. The van der Waals surface area contributed by atoms with Crippen molar-refractivity contribution in [2.45, 2.75) is 32.9 Å². The van der Waals surface area contributed by atoms with Crippen LogP contribution >= 0.6 is 0 Å². The minimum Gasteiger partial charge on any atom is -0.395 e. The van der Waals surface area contributed by atoms with Crippen LogP contribution in [0.3, 0.4) is 0 Å². The fourth-order valence-electron chi connectivity index (χ4n) is 2.01. The quantitative estimate of drug-likeness (QED) is 0.775. The molecule has 0 aliphatic carbocycles. The van der Waals surface area contributed by atoms with Gasteiger partial charge >= 0.3 is 0 Å². The van der Waals surface area contributed by atoms with Crippen molar-refractivity contribution < 1.29 is 10.2 Å². The molecule has 1 rings (SSSR count). The minimum absolute atomic E-state index is 0.0154. The first kappa shape index (κ1) is 15.2. The van der Waals surface area contributed by atoms with E-state index < -0.39 is 0 Å². The Morgan fingerprint density at radius 3 is 1.94 bits per heavy atom. The van der Waals surface area contributed by atoms with E-state index in [0.717, 1.165) is 13.0 Å². The molecule has 3 heteroatoms. The predicted octanol–water partition coefficient (Wildman–Crippen LogP) is 1.67. The van der Waals surface area contributed by atoms with Crippen molar-refractivity contribution in [3.63, 3.8) is 0 Å². The van der Waals surface area contributed by atoms with Gasteiger partial charge in [0, 0.05) is 6.54 Å². The van der Waals surface area contributed by atoms with Crippen LogP contribution in [0.25, 0.3) is 0 Å². The van der Waals surface area contributed by atoms with Crippen molar-refractivity contribution in [3.05, 3.63) is 35.4 Å². The van der Waals surface area contributed by atoms with Crippen LogP contribution in [0.1, 0.15) is 25.0 Å². The molecule has 0 spiro atoms. The lowest BCUT2D eigenvalue weighted by molar-refractivity contribution is 0.0874. The average Bonchev–Trinajstić information content (AvgIpc) is 2.32. The molecule has 0 unspecified atom stereocenters. The summed E-state index contributed by atoms with van der Waals surface area (Å²) < 4.78 is 0. The Hall–Kier alpha value is -0.900. The van der Waals surface area contributed by atoms with Crippen molar-refractivity contribution in [2.24, 2.45) is 5.92 Å². The number of rotatable bonds is 7. The second-order valence-electron chi connectivity index (χ2n) is 5.35. The van der Waals surface area contributed by atoms with Gasteiger partial charge < -0.3 is 10.2 Å². The summed E-state index contributed by atoms with van der Waals surface area (Å²) in [6.07, 6.45) is 1.10. The molecule has 0 saturated heterocycles. The Labute approximate surface area is 110 Å². The van der Waals surface area contributed by atoms with Crippen LogP contribution < -0.4 is 0 Å². The summed E-state index contributed by atoms with van der Waals surface area (Å²) in [4.78, 5) is 1.97. The molecule has 0 atom stereocenters. The Kier molecular flexibility index (Phi) is 6.33. The summed E-state index contributed by atoms with van der Waals surface area (Å²) >= 11 is 0. The van der Waals surface area contributed by atoms with E-state index in [0.29, 0.717) is 5.92 Å². The van der Waals surface area contributed by atoms with Crippen LogP contribution in [0.5, 0.6) is 0 Å². The molecule has 0 aliphatic heterocycles. The Balaban J connectivity index is 2.57. The maximum absolute atomic E-state index is 9.12. The van der Waals surface area contributed by atoms with Crippen LogP contribution in [0.15, 0.2) is 24.3 Å². The summed E-state index contributed by atoms with van der Waals surface area (Å²) in [5.74, 6) is 0.673. The summed E-state index contributed by atoms with van der Waals surface area (Å²) in [6, 6.07) is 8.40. The zero-order valence-electron chi connectivity index (χ0n) is 11.6. The number of benzene rings is 1. The normalized spacial score (nSPS) is 11.8. The van der Waals surface area contributed by atoms with Gasteiger partial charge in [-0.2, -0.15) is 0 Å². The van der Waals surface area contributed by atoms with E-state index >= 15 is 0 Å². The third-order valence-corrected chi connectivity index (χ3v) is 3.14. The first-order chi connectivity index (χ1) is 8.56. The fraction of sp³-hybridized carbons (Fsp3) is 0.600. The summed E-state index contributed by atoms with van der Waals surface area (Å²) in [5, 5.41) is 18.2. The van der Waals surface area contributed by atoms with E-state index in [1.54, 1.807) is 0 Å². The molecule has 3 nitrogen and oxygen atoms in total. The van der Waals surface area contributed by atoms with Crippen LogP contribution in [-0.2, 0) is 13.0 Å². The van der Waals surface area contributed by atoms with Gasteiger partial charge in [-0.15, -0.1) is 0 Å². The molecule has 0 aromatic heterocycles. The van der Waals surface area contributed by atoms with Gasteiger partial charge in [0.2, 0.25) is 0 Å². The van der Waals surface area contributed by atoms with E-state index in [9.17, 15) is 0 Å². The second kappa shape index (κ2) is 7.52. The number of hydrogen-bond donors (Lipinski definition) is 2. The lowest BCUT2D eigenvalue weighted by atomic mass is 10.0. The molecular formula is C15H25NO2. The first-order valence-corrected chi connectivity index (χ1v) is 6.56. The van der Waals surface area contributed by atoms with Crippen LogP contribution in [-0.4, -0.2) is 41.4 Å². The minimum atomic E-state index is -0.180. The molecule has 102 valence electrons. The lowest BCUT2D eigenvalue weighted by Crippen LogP contribution is -2.37. The van der Waals surface area contributed by atoms with Crippen molar-refractivity contribution in [2.75, 3.05) is 20.3 Å². The number of likely N-dealkylation sites (N-methyl/N-ethyl adjacent to an activating group) is 1. The number of aliphatic hydroxyl groups excluding tert-OH is 2. The molecule has 18 heavy (non-hydrogen) atoms. The predicted molar refractivity (Wildman–Crippen MR) is 74.4 cm³/mol. The number of aliphatic hydroxyl groups is 2. The van der Waals surface area contributed by atoms with Gasteiger partial charge in [0.15, 0.2) is 0 Å². The molecule has 0 heterocycles. The van der Waals surface area contributed by atoms with Gasteiger partial charge in [0.05, 0.1) is 19.3 Å². The summed E-state index contributed by atoms with van der Waals surface area (Å²) in [5.41, 5.74) is 2.56. The lowest BCUT2D eigenvalue weighted by Gasteiger charge is -2.24. The fourth-order valence-corrected chi connectivity index (χ4v) is 2.01. The number of hydrogen-bond acceptors (Lipinski definition) is 3. The van der Waals surface area contributed by atoms with Gasteiger partial charge in [-0.25, -0.2) is 0 Å². The van der Waals surface area contributed by atoms with E-state index in [2.05, 4.69) is 38.1 Å². The molecule has 2 N–H and O–H groups in total. The molecule has 0 bridgehead atoms. The van der Waals surface area contributed by atoms with E-state index in [1.807, 2.05) is 11.9 Å². The molecule has 1 aromatic rings. The van der Waals surface area contributed by atoms with Gasteiger partial charge in [-0.1, -0.05) is 38.1 Å². The molecule has 1 aromatic carbocycles. The highest BCUT2D eigenvalue weighted by Crippen LogP contribution is 2.12. The zero-order chi connectivity index (χ0) is 13.5. The monoisotopic (exact) mass is 251 g/mol. The van der Waals surface area contributed by atoms with Crippen molar-refractivity contribution in [3.8, 4) is 0 Å². The standard InChI is InChI=1S/C15H25NO2/c1-12(2)8-13-4-6-14(7-5-13)9-16(3)15(10-17)11-18/h4-7,12,15,17-18H,8-11H2,1-3H3. The Morgan fingerprint density at radius 1 is 1.00 bits per heavy atom. The highest BCUT2D eigenvalue weighted by molar-refractivity contribution is 5.22. The van der Waals surface area contributed by atoms with Crippen LogP contribution in [0, 0.1) is 5.92 Å². The highest BCUT2D eigenvalue weighted by atomic mass is 16.3. The third-order valence-electron chi connectivity index (χ3n) is 3.14. The van der Waals surface area contributed by atoms with Crippen molar-refractivity contribution in [1.29, 1.82) is 0 Å². The molecule has 0 amide bonds. The molecule has 0 radical (unpaired) electrons. The maximum atomic E-state index is 9.12. The molecular weight excluding hydrogens is 226 g/mol. The topological polar surface area (TPSA) is 43.7 Å². The Bertz CT molecular complexity index is 331. The first-order valence-electron chi connectivity index (χ1n) is 6.56. The van der Waals surface area contributed by atoms with Crippen LogP contribution in [0.2, 0.25) is 0 Å². The van der Waals surface area contributed by atoms with Gasteiger partial charge in [0.1, 0.15) is 0 Å². The zero-order valence-corrected chi connectivity index (χ0v) is 11.6. The molecule has 0 fully saturated rings. The van der Waals surface area contributed by atoms with E-state index in [-0.39, 0.29) is 19.3 Å². The second-order valence-corrected chi connectivity index (χ2v) is 5.35. The maximum Gasteiger partial charge on any atom is 0.0609 e. The highest BCUT2D eigenvalue weighted by Gasteiger charge is 2.12. The third kappa shape index (κ3) is 4.77. The Morgan fingerprint density at radius 2 is 1.50 bits per heavy atom. The van der Waals surface area contributed by atoms with Crippen molar-refractivity contribution >= 4 is 0 Å². The van der Waals surface area contributed by atoms with Gasteiger partial charge in [-0.3, -0.25) is 4.90 Å². The van der Waals surface area contributed by atoms with E-state index in [1.165, 1.54) is 11.1 Å². The average molecular weight is 251 g/mol.